The molecule has 4 nitrogen and oxygen atoms in total. The fraction of sp³-hybridized carbons (Fsp3) is 0.200. The molecule has 0 aliphatic heterocycles. The zero-order chi connectivity index (χ0) is 11.3. The van der Waals surface area contributed by atoms with Crippen molar-refractivity contribution in [1.82, 2.24) is 4.98 Å². The van der Waals surface area contributed by atoms with E-state index in [0.717, 1.165) is 4.47 Å². The molecular weight excluding hydrogens is 262 g/mol. The number of ether oxygens (including phenoxy) is 1. The van der Waals surface area contributed by atoms with Crippen molar-refractivity contribution in [3.05, 3.63) is 34.8 Å². The molecule has 1 aromatic rings. The van der Waals surface area contributed by atoms with Crippen molar-refractivity contribution >= 4 is 27.5 Å². The molecule has 0 radical (unpaired) electrons. The summed E-state index contributed by atoms with van der Waals surface area (Å²) in [7, 11) is 0. The van der Waals surface area contributed by atoms with Crippen LogP contribution < -0.4 is 0 Å². The summed E-state index contributed by atoms with van der Waals surface area (Å²) in [6.45, 7) is 1.95. The summed E-state index contributed by atoms with van der Waals surface area (Å²) in [5, 5.41) is 8.93. The monoisotopic (exact) mass is 271 g/mol. The predicted molar refractivity (Wildman–Crippen MR) is 59.2 cm³/mol. The van der Waals surface area contributed by atoms with Gasteiger partial charge in [-0.05, 0) is 35.0 Å². The highest BCUT2D eigenvalue weighted by Gasteiger charge is 2.14. The Kier molecular flexibility index (Phi) is 4.30. The van der Waals surface area contributed by atoms with E-state index in [1.165, 1.54) is 6.20 Å². The summed E-state index contributed by atoms with van der Waals surface area (Å²) >= 11 is 3.22. The molecule has 0 saturated carbocycles. The Bertz CT molecular complexity index is 373. The maximum absolute atomic E-state index is 11.4. The minimum atomic E-state index is -0.588. The third-order valence-corrected chi connectivity index (χ3v) is 2.10. The van der Waals surface area contributed by atoms with Crippen LogP contribution in [0.2, 0.25) is 0 Å². The number of hydrogen-bond donors (Lipinski definition) is 1. The van der Waals surface area contributed by atoms with Crippen LogP contribution in [0.15, 0.2) is 29.1 Å². The minimum absolute atomic E-state index is 0.0457. The third kappa shape index (κ3) is 3.06. The SMILES string of the molecule is CCOC(=O)/C(=C\O)c1ccc(Br)cn1. The molecule has 15 heavy (non-hydrogen) atoms. The van der Waals surface area contributed by atoms with E-state index < -0.39 is 5.97 Å². The van der Waals surface area contributed by atoms with E-state index in [0.29, 0.717) is 12.0 Å². The Hall–Kier alpha value is -1.36. The second-order valence-electron chi connectivity index (χ2n) is 2.62. The predicted octanol–water partition coefficient (Wildman–Crippen LogP) is 2.31. The second kappa shape index (κ2) is 5.50. The van der Waals surface area contributed by atoms with E-state index in [9.17, 15) is 4.79 Å². The van der Waals surface area contributed by atoms with Crippen LogP contribution in [0.25, 0.3) is 5.57 Å². The van der Waals surface area contributed by atoms with Crippen LogP contribution in [0, 0.1) is 0 Å². The Morgan fingerprint density at radius 3 is 2.87 bits per heavy atom. The van der Waals surface area contributed by atoms with Crippen LogP contribution in [-0.2, 0) is 9.53 Å². The van der Waals surface area contributed by atoms with Crippen LogP contribution in [-0.4, -0.2) is 22.7 Å². The van der Waals surface area contributed by atoms with Crippen molar-refractivity contribution in [3.8, 4) is 0 Å². The molecule has 0 unspecified atom stereocenters. The van der Waals surface area contributed by atoms with Gasteiger partial charge in [-0.25, -0.2) is 4.79 Å². The number of pyridine rings is 1. The lowest BCUT2D eigenvalue weighted by atomic mass is 10.2. The normalized spacial score (nSPS) is 11.2. The standard InChI is InChI=1S/C10H10BrNO3/c1-2-15-10(14)8(6-13)9-4-3-7(11)5-12-9/h3-6,13H,2H2,1H3/b8-6-. The van der Waals surface area contributed by atoms with Crippen molar-refractivity contribution in [1.29, 1.82) is 0 Å². The first-order chi connectivity index (χ1) is 7.19. The Balaban J connectivity index is 2.94. The number of nitrogens with zero attached hydrogens (tertiary/aromatic N) is 1. The van der Waals surface area contributed by atoms with E-state index in [2.05, 4.69) is 20.9 Å². The maximum Gasteiger partial charge on any atom is 0.343 e. The van der Waals surface area contributed by atoms with Crippen LogP contribution in [0.3, 0.4) is 0 Å². The molecule has 0 atom stereocenters. The van der Waals surface area contributed by atoms with Crippen molar-refractivity contribution < 1.29 is 14.6 Å². The van der Waals surface area contributed by atoms with Crippen LogP contribution in [0.1, 0.15) is 12.6 Å². The summed E-state index contributed by atoms with van der Waals surface area (Å²) in [5.74, 6) is -0.588. The molecule has 0 aromatic carbocycles. The van der Waals surface area contributed by atoms with Gasteiger partial charge in [0.15, 0.2) is 0 Å². The number of aromatic nitrogens is 1. The van der Waals surface area contributed by atoms with E-state index in [1.807, 2.05) is 0 Å². The molecular formula is C10H10BrNO3. The molecule has 1 N–H and O–H groups in total. The number of carbonyl (C=O) groups excluding carboxylic acids is 1. The number of carbonyl (C=O) groups is 1. The Labute approximate surface area is 95.7 Å². The van der Waals surface area contributed by atoms with Crippen molar-refractivity contribution in [2.75, 3.05) is 6.61 Å². The van der Waals surface area contributed by atoms with Crippen LogP contribution >= 0.6 is 15.9 Å². The van der Waals surface area contributed by atoms with Gasteiger partial charge in [-0.2, -0.15) is 0 Å². The Morgan fingerprint density at radius 1 is 1.67 bits per heavy atom. The molecule has 0 aliphatic carbocycles. The van der Waals surface area contributed by atoms with Gasteiger partial charge in [0.1, 0.15) is 5.57 Å². The number of aliphatic hydroxyl groups is 1. The van der Waals surface area contributed by atoms with Crippen molar-refractivity contribution in [2.24, 2.45) is 0 Å². The molecule has 0 aliphatic rings. The van der Waals surface area contributed by atoms with Gasteiger partial charge >= 0.3 is 5.97 Å². The fourth-order valence-corrected chi connectivity index (χ4v) is 1.20. The first-order valence-electron chi connectivity index (χ1n) is 4.32. The number of rotatable bonds is 3. The average Bonchev–Trinajstić information content (AvgIpc) is 2.22. The highest BCUT2D eigenvalue weighted by molar-refractivity contribution is 9.10. The molecule has 80 valence electrons. The van der Waals surface area contributed by atoms with Crippen molar-refractivity contribution in [3.63, 3.8) is 0 Å². The number of aliphatic hydroxyl groups excluding tert-OH is 1. The van der Waals surface area contributed by atoms with Gasteiger partial charge in [0, 0.05) is 10.7 Å². The topological polar surface area (TPSA) is 59.4 Å². The van der Waals surface area contributed by atoms with Gasteiger partial charge in [0.05, 0.1) is 18.6 Å². The maximum atomic E-state index is 11.4. The molecule has 1 aromatic heterocycles. The molecule has 0 spiro atoms. The van der Waals surface area contributed by atoms with Crippen LogP contribution in [0.4, 0.5) is 0 Å². The van der Waals surface area contributed by atoms with E-state index in [1.54, 1.807) is 19.1 Å². The van der Waals surface area contributed by atoms with E-state index in [4.69, 9.17) is 9.84 Å². The molecule has 0 saturated heterocycles. The highest BCUT2D eigenvalue weighted by Crippen LogP contribution is 2.15. The number of esters is 1. The Morgan fingerprint density at radius 2 is 2.40 bits per heavy atom. The molecule has 0 bridgehead atoms. The van der Waals surface area contributed by atoms with Gasteiger partial charge in [0.25, 0.3) is 0 Å². The quantitative estimate of drug-likeness (QED) is 0.521. The van der Waals surface area contributed by atoms with Crippen molar-refractivity contribution in [2.45, 2.75) is 6.92 Å². The summed E-state index contributed by atoms with van der Waals surface area (Å²) < 4.78 is 5.56. The first-order valence-corrected chi connectivity index (χ1v) is 5.11. The largest absolute Gasteiger partial charge is 0.515 e. The molecule has 0 amide bonds. The summed E-state index contributed by atoms with van der Waals surface area (Å²) in [5.41, 5.74) is 0.420. The second-order valence-corrected chi connectivity index (χ2v) is 3.54. The van der Waals surface area contributed by atoms with Gasteiger partial charge in [0.2, 0.25) is 0 Å². The van der Waals surface area contributed by atoms with E-state index >= 15 is 0 Å². The zero-order valence-electron chi connectivity index (χ0n) is 8.11. The van der Waals surface area contributed by atoms with Gasteiger partial charge < -0.3 is 9.84 Å². The highest BCUT2D eigenvalue weighted by atomic mass is 79.9. The molecule has 5 heteroatoms. The van der Waals surface area contributed by atoms with Crippen LogP contribution in [0.5, 0.6) is 0 Å². The number of hydrogen-bond acceptors (Lipinski definition) is 4. The lowest BCUT2D eigenvalue weighted by Gasteiger charge is -2.04. The third-order valence-electron chi connectivity index (χ3n) is 1.63. The fourth-order valence-electron chi connectivity index (χ4n) is 0.967. The minimum Gasteiger partial charge on any atom is -0.515 e. The smallest absolute Gasteiger partial charge is 0.343 e. The summed E-state index contributed by atoms with van der Waals surface area (Å²) in [6, 6.07) is 3.34. The average molecular weight is 272 g/mol. The van der Waals surface area contributed by atoms with E-state index in [-0.39, 0.29) is 12.2 Å². The molecule has 1 rings (SSSR count). The summed E-state index contributed by atoms with van der Waals surface area (Å²) in [4.78, 5) is 15.3. The summed E-state index contributed by atoms with van der Waals surface area (Å²) in [6.07, 6.45) is 2.24. The first kappa shape index (κ1) is 11.7. The van der Waals surface area contributed by atoms with Gasteiger partial charge in [-0.1, -0.05) is 0 Å². The lowest BCUT2D eigenvalue weighted by molar-refractivity contribution is -0.136. The molecule has 0 fully saturated rings. The van der Waals surface area contributed by atoms with Gasteiger partial charge in [-0.15, -0.1) is 0 Å². The van der Waals surface area contributed by atoms with Gasteiger partial charge in [-0.3, -0.25) is 4.98 Å². The zero-order valence-corrected chi connectivity index (χ0v) is 9.69. The number of halogens is 1. The lowest BCUT2D eigenvalue weighted by Crippen LogP contribution is -2.08. The molecule has 1 heterocycles.